The lowest BCUT2D eigenvalue weighted by Crippen LogP contribution is -2.16. The molecule has 0 unspecified atom stereocenters. The summed E-state index contributed by atoms with van der Waals surface area (Å²) >= 11 is 0. The fourth-order valence-corrected chi connectivity index (χ4v) is 1.97. The van der Waals surface area contributed by atoms with E-state index < -0.39 is 17.5 Å². The highest BCUT2D eigenvalue weighted by molar-refractivity contribution is 6.02. The van der Waals surface area contributed by atoms with Gasteiger partial charge in [-0.05, 0) is 31.2 Å². The van der Waals surface area contributed by atoms with Gasteiger partial charge in [0.2, 0.25) is 0 Å². The predicted molar refractivity (Wildman–Crippen MR) is 78.2 cm³/mol. The van der Waals surface area contributed by atoms with E-state index in [-0.39, 0.29) is 11.5 Å². The van der Waals surface area contributed by atoms with Gasteiger partial charge >= 0.3 is 0 Å². The molecule has 23 heavy (non-hydrogen) atoms. The normalized spacial score (nSPS) is 10.6. The quantitative estimate of drug-likeness (QED) is 0.806. The molecule has 0 saturated carbocycles. The number of halogens is 2. The summed E-state index contributed by atoms with van der Waals surface area (Å²) in [7, 11) is 0. The van der Waals surface area contributed by atoms with Gasteiger partial charge in [0, 0.05) is 5.69 Å². The molecule has 0 saturated heterocycles. The Morgan fingerprint density at radius 3 is 2.65 bits per heavy atom. The summed E-state index contributed by atoms with van der Waals surface area (Å²) in [4.78, 5) is 20.1. The van der Waals surface area contributed by atoms with Gasteiger partial charge in [-0.25, -0.2) is 23.4 Å². The van der Waals surface area contributed by atoms with Crippen molar-refractivity contribution in [3.8, 4) is 5.69 Å². The van der Waals surface area contributed by atoms with E-state index in [1.807, 2.05) is 0 Å². The van der Waals surface area contributed by atoms with Crippen LogP contribution in [0.15, 0.2) is 42.9 Å². The highest BCUT2D eigenvalue weighted by Gasteiger charge is 2.12. The van der Waals surface area contributed by atoms with Crippen molar-refractivity contribution in [2.45, 2.75) is 6.92 Å². The molecule has 0 aliphatic rings. The van der Waals surface area contributed by atoms with Gasteiger partial charge in [-0.3, -0.25) is 4.79 Å². The van der Waals surface area contributed by atoms with E-state index in [9.17, 15) is 13.6 Å². The van der Waals surface area contributed by atoms with E-state index in [0.29, 0.717) is 11.4 Å². The molecule has 8 heteroatoms. The molecule has 0 radical (unpaired) electrons. The van der Waals surface area contributed by atoms with E-state index in [0.717, 1.165) is 12.4 Å². The predicted octanol–water partition coefficient (Wildman–Crippen LogP) is 2.50. The van der Waals surface area contributed by atoms with Crippen molar-refractivity contribution in [2.75, 3.05) is 5.32 Å². The zero-order chi connectivity index (χ0) is 16.4. The Morgan fingerprint density at radius 2 is 2.00 bits per heavy atom. The Labute approximate surface area is 129 Å². The maximum absolute atomic E-state index is 13.1. The minimum Gasteiger partial charge on any atom is -0.305 e. The van der Waals surface area contributed by atoms with Gasteiger partial charge in [0.1, 0.15) is 17.3 Å². The molecular formula is C15H11F2N5O. The molecule has 3 rings (SSSR count). The largest absolute Gasteiger partial charge is 0.305 e. The molecule has 3 heterocycles. The van der Waals surface area contributed by atoms with Crippen LogP contribution in [0.5, 0.6) is 0 Å². The fraction of sp³-hybridized carbons (Fsp3) is 0.0667. The highest BCUT2D eigenvalue weighted by atomic mass is 19.1. The second-order valence-electron chi connectivity index (χ2n) is 4.77. The number of pyridine rings is 2. The smallest absolute Gasteiger partial charge is 0.275 e. The van der Waals surface area contributed by atoms with Gasteiger partial charge in [0.15, 0.2) is 5.82 Å². The van der Waals surface area contributed by atoms with Gasteiger partial charge in [-0.15, -0.1) is 0 Å². The van der Waals surface area contributed by atoms with Crippen LogP contribution in [0.3, 0.4) is 0 Å². The lowest BCUT2D eigenvalue weighted by molar-refractivity contribution is 0.102. The number of nitrogens with one attached hydrogen (secondary N) is 1. The molecule has 0 aliphatic heterocycles. The van der Waals surface area contributed by atoms with Crippen molar-refractivity contribution in [1.82, 2.24) is 19.7 Å². The van der Waals surface area contributed by atoms with Gasteiger partial charge < -0.3 is 5.32 Å². The van der Waals surface area contributed by atoms with Crippen LogP contribution < -0.4 is 5.32 Å². The summed E-state index contributed by atoms with van der Waals surface area (Å²) in [6, 6.07) is 5.66. The maximum atomic E-state index is 13.1. The molecule has 0 fully saturated rings. The number of rotatable bonds is 3. The van der Waals surface area contributed by atoms with E-state index in [1.54, 1.807) is 13.0 Å². The van der Waals surface area contributed by atoms with Crippen LogP contribution in [0.1, 0.15) is 16.2 Å². The first-order valence-electron chi connectivity index (χ1n) is 6.63. The molecule has 0 aliphatic carbocycles. The zero-order valence-corrected chi connectivity index (χ0v) is 12.0. The number of anilines is 1. The molecule has 0 atom stereocenters. The average Bonchev–Trinajstić information content (AvgIpc) is 2.95. The Balaban J connectivity index is 1.88. The molecular weight excluding hydrogens is 304 g/mol. The van der Waals surface area contributed by atoms with Gasteiger partial charge in [-0.2, -0.15) is 5.10 Å². The topological polar surface area (TPSA) is 72.7 Å². The van der Waals surface area contributed by atoms with Crippen molar-refractivity contribution in [3.63, 3.8) is 0 Å². The van der Waals surface area contributed by atoms with Crippen molar-refractivity contribution in [2.24, 2.45) is 0 Å². The first-order valence-corrected chi connectivity index (χ1v) is 6.63. The van der Waals surface area contributed by atoms with Crippen LogP contribution in [0.2, 0.25) is 0 Å². The molecule has 1 amide bonds. The van der Waals surface area contributed by atoms with Crippen LogP contribution in [-0.4, -0.2) is 25.7 Å². The van der Waals surface area contributed by atoms with Crippen molar-refractivity contribution < 1.29 is 13.6 Å². The third kappa shape index (κ3) is 3.37. The summed E-state index contributed by atoms with van der Waals surface area (Å²) < 4.78 is 27.2. The lowest BCUT2D eigenvalue weighted by atomic mass is 10.2. The summed E-state index contributed by atoms with van der Waals surface area (Å²) in [6.07, 6.45) is 3.26. The number of aromatic nitrogens is 4. The third-order valence-corrected chi connectivity index (χ3v) is 2.96. The molecule has 0 aromatic carbocycles. The van der Waals surface area contributed by atoms with Crippen LogP contribution in [0.25, 0.3) is 5.69 Å². The number of carbonyl (C=O) groups is 1. The van der Waals surface area contributed by atoms with Crippen molar-refractivity contribution >= 4 is 11.7 Å². The monoisotopic (exact) mass is 315 g/mol. The summed E-state index contributed by atoms with van der Waals surface area (Å²) in [5, 5.41) is 6.36. The number of hydrogen-bond acceptors (Lipinski definition) is 4. The summed E-state index contributed by atoms with van der Waals surface area (Å²) in [5.41, 5.74) is 1.18. The minimum absolute atomic E-state index is 0.113. The molecule has 3 aromatic heterocycles. The number of hydrogen-bond donors (Lipinski definition) is 1. The standard InChI is InChI=1S/C15H11F2N5O/c1-9-4-12(22-8-11(17)7-19-22)5-13(20-9)15(23)21-14-3-2-10(16)6-18-14/h2-8H,1H3,(H,18,21,23). The Kier molecular flexibility index (Phi) is 3.80. The van der Waals surface area contributed by atoms with E-state index in [4.69, 9.17) is 0 Å². The third-order valence-electron chi connectivity index (χ3n) is 2.96. The molecule has 0 spiro atoms. The second-order valence-corrected chi connectivity index (χ2v) is 4.77. The highest BCUT2D eigenvalue weighted by Crippen LogP contribution is 2.13. The number of aryl methyl sites for hydroxylation is 1. The van der Waals surface area contributed by atoms with Crippen LogP contribution in [0, 0.1) is 18.6 Å². The summed E-state index contributed by atoms with van der Waals surface area (Å²) in [6.45, 7) is 1.70. The minimum atomic E-state index is -0.512. The first-order chi connectivity index (χ1) is 11.0. The van der Waals surface area contributed by atoms with Crippen LogP contribution >= 0.6 is 0 Å². The Bertz CT molecular complexity index is 861. The van der Waals surface area contributed by atoms with Crippen LogP contribution in [-0.2, 0) is 0 Å². The van der Waals surface area contributed by atoms with Gasteiger partial charge in [-0.1, -0.05) is 0 Å². The van der Waals surface area contributed by atoms with Crippen molar-refractivity contribution in [3.05, 3.63) is 65.9 Å². The zero-order valence-electron chi connectivity index (χ0n) is 12.0. The molecule has 6 nitrogen and oxygen atoms in total. The van der Waals surface area contributed by atoms with Crippen molar-refractivity contribution in [1.29, 1.82) is 0 Å². The van der Waals surface area contributed by atoms with Gasteiger partial charge in [0.05, 0.1) is 24.3 Å². The number of carbonyl (C=O) groups excluding carboxylic acids is 1. The molecule has 0 bridgehead atoms. The van der Waals surface area contributed by atoms with E-state index >= 15 is 0 Å². The molecule has 116 valence electrons. The average molecular weight is 315 g/mol. The van der Waals surface area contributed by atoms with E-state index in [2.05, 4.69) is 20.4 Å². The Morgan fingerprint density at radius 1 is 1.17 bits per heavy atom. The summed E-state index contributed by atoms with van der Waals surface area (Å²) in [5.74, 6) is -1.30. The second kappa shape index (κ2) is 5.91. The first kappa shape index (κ1) is 14.8. The van der Waals surface area contributed by atoms with Gasteiger partial charge in [0.25, 0.3) is 5.91 Å². The SMILES string of the molecule is Cc1cc(-n2cc(F)cn2)cc(C(=O)Nc2ccc(F)cn2)n1. The number of amides is 1. The van der Waals surface area contributed by atoms with Crippen LogP contribution in [0.4, 0.5) is 14.6 Å². The molecule has 1 N–H and O–H groups in total. The van der Waals surface area contributed by atoms with E-state index in [1.165, 1.54) is 29.1 Å². The number of nitrogens with zero attached hydrogens (tertiary/aromatic N) is 4. The fourth-order valence-electron chi connectivity index (χ4n) is 1.97. The maximum Gasteiger partial charge on any atom is 0.275 e. The Hall–Kier alpha value is -3.16. The lowest BCUT2D eigenvalue weighted by Gasteiger charge is -2.07. The molecule has 3 aromatic rings.